The third-order valence-corrected chi connectivity index (χ3v) is 3.71. The summed E-state index contributed by atoms with van der Waals surface area (Å²) in [7, 11) is 0. The highest BCUT2D eigenvalue weighted by Gasteiger charge is 2.06. The van der Waals surface area contributed by atoms with Crippen LogP contribution in [0.5, 0.6) is 0 Å². The van der Waals surface area contributed by atoms with Gasteiger partial charge in [0.2, 0.25) is 0 Å². The Morgan fingerprint density at radius 3 is 2.28 bits per heavy atom. The van der Waals surface area contributed by atoms with Crippen LogP contribution in [-0.4, -0.2) is 19.9 Å². The fourth-order valence-electron chi connectivity index (χ4n) is 1.36. The lowest BCUT2D eigenvalue weighted by Crippen LogP contribution is -1.98. The summed E-state index contributed by atoms with van der Waals surface area (Å²) in [5.74, 6) is 0.687. The predicted octanol–water partition coefficient (Wildman–Crippen LogP) is 3.14. The van der Waals surface area contributed by atoms with E-state index in [1.54, 1.807) is 24.2 Å². The summed E-state index contributed by atoms with van der Waals surface area (Å²) < 4.78 is 0. The summed E-state index contributed by atoms with van der Waals surface area (Å²) in [6, 6.07) is 0. The van der Waals surface area contributed by atoms with Crippen molar-refractivity contribution in [1.29, 1.82) is 0 Å². The average Bonchev–Trinajstić information content (AvgIpc) is 2.35. The van der Waals surface area contributed by atoms with Gasteiger partial charge < -0.3 is 0 Å². The molecule has 2 rings (SSSR count). The van der Waals surface area contributed by atoms with Gasteiger partial charge in [-0.3, -0.25) is 4.98 Å². The highest BCUT2D eigenvalue weighted by atomic mass is 35.5. The summed E-state index contributed by atoms with van der Waals surface area (Å²) in [6.07, 6.45) is 3.22. The summed E-state index contributed by atoms with van der Waals surface area (Å²) in [6.45, 7) is 6.02. The molecular formula is C12H13ClN4S. The first-order valence-electron chi connectivity index (χ1n) is 5.47. The van der Waals surface area contributed by atoms with Crippen LogP contribution in [0.25, 0.3) is 0 Å². The third kappa shape index (κ3) is 3.17. The molecule has 0 amide bonds. The number of rotatable bonds is 3. The summed E-state index contributed by atoms with van der Waals surface area (Å²) in [5.41, 5.74) is 4.05. The van der Waals surface area contributed by atoms with Gasteiger partial charge in [-0.25, -0.2) is 15.0 Å². The summed E-state index contributed by atoms with van der Waals surface area (Å²) in [5, 5.41) is 1.18. The molecule has 0 spiro atoms. The standard InChI is InChI=1S/C12H13ClN4S/c1-7-8(2)16-12(17-9(7)3)18-6-10-4-15-11(13)5-14-10/h4-5H,6H2,1-3H3. The second-order valence-corrected chi connectivity index (χ2v) is 5.25. The fraction of sp³-hybridized carbons (Fsp3) is 0.333. The Morgan fingerprint density at radius 1 is 1.06 bits per heavy atom. The molecule has 0 atom stereocenters. The van der Waals surface area contributed by atoms with Crippen LogP contribution in [0.15, 0.2) is 17.6 Å². The smallest absolute Gasteiger partial charge is 0.188 e. The minimum absolute atomic E-state index is 0.405. The van der Waals surface area contributed by atoms with Crippen molar-refractivity contribution in [2.75, 3.05) is 0 Å². The van der Waals surface area contributed by atoms with E-state index < -0.39 is 0 Å². The molecule has 0 unspecified atom stereocenters. The first-order valence-corrected chi connectivity index (χ1v) is 6.83. The van der Waals surface area contributed by atoms with Gasteiger partial charge in [0.1, 0.15) is 5.15 Å². The van der Waals surface area contributed by atoms with E-state index in [0.29, 0.717) is 10.9 Å². The lowest BCUT2D eigenvalue weighted by atomic mass is 10.2. The lowest BCUT2D eigenvalue weighted by molar-refractivity contribution is 0.879. The second-order valence-electron chi connectivity index (χ2n) is 3.92. The minimum atomic E-state index is 0.405. The summed E-state index contributed by atoms with van der Waals surface area (Å²) in [4.78, 5) is 17.1. The number of aromatic nitrogens is 4. The topological polar surface area (TPSA) is 51.6 Å². The van der Waals surface area contributed by atoms with E-state index in [0.717, 1.165) is 27.8 Å². The van der Waals surface area contributed by atoms with Crippen molar-refractivity contribution in [3.63, 3.8) is 0 Å². The van der Waals surface area contributed by atoms with Crippen LogP contribution in [0.1, 0.15) is 22.6 Å². The Hall–Kier alpha value is -1.20. The molecule has 0 saturated carbocycles. The number of hydrogen-bond acceptors (Lipinski definition) is 5. The molecular weight excluding hydrogens is 268 g/mol. The molecule has 0 fully saturated rings. The SMILES string of the molecule is Cc1nc(SCc2cnc(Cl)cn2)nc(C)c1C. The zero-order valence-corrected chi connectivity index (χ0v) is 12.0. The number of aryl methyl sites for hydroxylation is 2. The number of thioether (sulfide) groups is 1. The van der Waals surface area contributed by atoms with Gasteiger partial charge in [0.25, 0.3) is 0 Å². The Balaban J connectivity index is 2.08. The fourth-order valence-corrected chi connectivity index (χ4v) is 2.28. The van der Waals surface area contributed by atoms with Crippen LogP contribution in [0.2, 0.25) is 5.15 Å². The Bertz CT molecular complexity index is 533. The average molecular weight is 281 g/mol. The number of hydrogen-bond donors (Lipinski definition) is 0. The van der Waals surface area contributed by atoms with Gasteiger partial charge in [0, 0.05) is 17.1 Å². The van der Waals surface area contributed by atoms with Crippen molar-refractivity contribution < 1.29 is 0 Å². The van der Waals surface area contributed by atoms with E-state index in [4.69, 9.17) is 11.6 Å². The molecule has 0 N–H and O–H groups in total. The molecule has 0 radical (unpaired) electrons. The minimum Gasteiger partial charge on any atom is -0.256 e. The molecule has 0 aliphatic heterocycles. The molecule has 0 saturated heterocycles. The second kappa shape index (κ2) is 5.63. The Kier molecular flexibility index (Phi) is 4.14. The third-order valence-electron chi connectivity index (χ3n) is 2.64. The zero-order valence-electron chi connectivity index (χ0n) is 10.4. The van der Waals surface area contributed by atoms with E-state index >= 15 is 0 Å². The molecule has 2 heterocycles. The highest BCUT2D eigenvalue weighted by Crippen LogP contribution is 2.20. The van der Waals surface area contributed by atoms with Crippen LogP contribution in [-0.2, 0) is 5.75 Å². The maximum atomic E-state index is 5.68. The van der Waals surface area contributed by atoms with Gasteiger partial charge in [0.15, 0.2) is 5.16 Å². The molecule has 4 nitrogen and oxygen atoms in total. The predicted molar refractivity (Wildman–Crippen MR) is 72.8 cm³/mol. The van der Waals surface area contributed by atoms with E-state index in [2.05, 4.69) is 19.9 Å². The van der Waals surface area contributed by atoms with Crippen LogP contribution in [0, 0.1) is 20.8 Å². The zero-order chi connectivity index (χ0) is 13.1. The molecule has 94 valence electrons. The van der Waals surface area contributed by atoms with Crippen LogP contribution in [0.3, 0.4) is 0 Å². The Labute approximate surface area is 115 Å². The monoisotopic (exact) mass is 280 g/mol. The van der Waals surface area contributed by atoms with Crippen LogP contribution in [0.4, 0.5) is 0 Å². The quantitative estimate of drug-likeness (QED) is 0.639. The number of halogens is 1. The van der Waals surface area contributed by atoms with Crippen molar-refractivity contribution in [1.82, 2.24) is 19.9 Å². The van der Waals surface area contributed by atoms with Gasteiger partial charge in [-0.15, -0.1) is 0 Å². The lowest BCUT2D eigenvalue weighted by Gasteiger charge is -2.06. The van der Waals surface area contributed by atoms with Crippen molar-refractivity contribution in [2.24, 2.45) is 0 Å². The van der Waals surface area contributed by atoms with E-state index in [1.165, 1.54) is 0 Å². The van der Waals surface area contributed by atoms with Gasteiger partial charge in [-0.05, 0) is 26.3 Å². The molecule has 0 aromatic carbocycles. The molecule has 0 bridgehead atoms. The molecule has 2 aromatic rings. The normalized spacial score (nSPS) is 10.7. The van der Waals surface area contributed by atoms with E-state index in [-0.39, 0.29) is 0 Å². The first-order chi connectivity index (χ1) is 8.56. The maximum absolute atomic E-state index is 5.68. The molecule has 2 aromatic heterocycles. The largest absolute Gasteiger partial charge is 0.256 e. The van der Waals surface area contributed by atoms with Crippen LogP contribution < -0.4 is 0 Å². The molecule has 0 aliphatic carbocycles. The van der Waals surface area contributed by atoms with E-state index in [1.807, 2.05) is 20.8 Å². The van der Waals surface area contributed by atoms with Crippen molar-refractivity contribution in [2.45, 2.75) is 31.7 Å². The summed E-state index contributed by atoms with van der Waals surface area (Å²) >= 11 is 7.23. The van der Waals surface area contributed by atoms with Gasteiger partial charge in [-0.1, -0.05) is 23.4 Å². The molecule has 18 heavy (non-hydrogen) atoms. The molecule has 0 aliphatic rings. The Morgan fingerprint density at radius 2 is 1.72 bits per heavy atom. The van der Waals surface area contributed by atoms with E-state index in [9.17, 15) is 0 Å². The number of nitrogens with zero attached hydrogens (tertiary/aromatic N) is 4. The van der Waals surface area contributed by atoms with Crippen molar-refractivity contribution in [3.8, 4) is 0 Å². The van der Waals surface area contributed by atoms with Crippen molar-refractivity contribution in [3.05, 3.63) is 40.2 Å². The molecule has 6 heteroatoms. The first kappa shape index (κ1) is 13.2. The highest BCUT2D eigenvalue weighted by molar-refractivity contribution is 7.98. The van der Waals surface area contributed by atoms with Crippen molar-refractivity contribution >= 4 is 23.4 Å². The van der Waals surface area contributed by atoms with Crippen LogP contribution >= 0.6 is 23.4 Å². The van der Waals surface area contributed by atoms with Gasteiger partial charge >= 0.3 is 0 Å². The van der Waals surface area contributed by atoms with Gasteiger partial charge in [-0.2, -0.15) is 0 Å². The van der Waals surface area contributed by atoms with Gasteiger partial charge in [0.05, 0.1) is 18.1 Å². The maximum Gasteiger partial charge on any atom is 0.188 e.